The quantitative estimate of drug-likeness (QED) is 0.179. The molecule has 15 heteroatoms. The monoisotopic (exact) mass is 357 g/mol. The Morgan fingerprint density at radius 2 is 0.765 bits per heavy atom. The van der Waals surface area contributed by atoms with E-state index in [9.17, 15) is 0 Å². The molecule has 0 atom stereocenters. The van der Waals surface area contributed by atoms with Gasteiger partial charge in [-0.15, -0.1) is 0 Å². The summed E-state index contributed by atoms with van der Waals surface area (Å²) in [5.41, 5.74) is 0. The third-order valence-corrected chi connectivity index (χ3v) is 0. The molecule has 0 aliphatic rings. The Bertz CT molecular complexity index is 236. The van der Waals surface area contributed by atoms with E-state index in [0.29, 0.717) is 0 Å². The van der Waals surface area contributed by atoms with Gasteiger partial charge in [0.2, 0.25) is 0 Å². The Kier molecular flexibility index (Phi) is 66.6. The van der Waals surface area contributed by atoms with Gasteiger partial charge in [-0.25, -0.2) is 9.59 Å². The predicted molar refractivity (Wildman–Crippen MR) is 38.8 cm³/mol. The van der Waals surface area contributed by atoms with Crippen molar-refractivity contribution in [3.05, 3.63) is 0 Å². The van der Waals surface area contributed by atoms with Gasteiger partial charge in [0.25, 0.3) is 0 Å². The fraction of sp³-hybridized carbons (Fsp3) is 0. The molecule has 0 rings (SSSR count). The van der Waals surface area contributed by atoms with Crippen LogP contribution in [0.2, 0.25) is 0 Å². The minimum Gasteiger partial charge on any atom is -1.00 e. The molecule has 6 N–H and O–H groups in total. The van der Waals surface area contributed by atoms with Gasteiger partial charge in [-0.2, -0.15) is 8.42 Å². The van der Waals surface area contributed by atoms with E-state index < -0.39 is 22.7 Å². The van der Waals surface area contributed by atoms with Crippen LogP contribution in [0.5, 0.6) is 0 Å². The minimum atomic E-state index is -4.67. The van der Waals surface area contributed by atoms with Crippen molar-refractivity contribution in [2.75, 3.05) is 0 Å². The van der Waals surface area contributed by atoms with Crippen molar-refractivity contribution in [1.82, 2.24) is 0 Å². The van der Waals surface area contributed by atoms with Gasteiger partial charge >= 0.3 is 111 Å². The molecule has 97 valence electrons. The van der Waals surface area contributed by atoms with Gasteiger partial charge in [0, 0.05) is 17.1 Å². The third kappa shape index (κ3) is 1220. The normalized spacial score (nSPS) is 6.24. The first-order valence-corrected chi connectivity index (χ1v) is 3.40. The summed E-state index contributed by atoms with van der Waals surface area (Å²) in [5.74, 6) is 0. The molecule has 0 aromatic rings. The topological polar surface area (TPSA) is 190 Å². The summed E-state index contributed by atoms with van der Waals surface area (Å²) in [7, 11) is -4.67. The molecule has 0 aliphatic heterocycles. The van der Waals surface area contributed by atoms with E-state index in [1.54, 1.807) is 0 Å². The van der Waals surface area contributed by atoms with Gasteiger partial charge in [0.15, 0.2) is 0 Å². The van der Waals surface area contributed by atoms with E-state index in [-0.39, 0.29) is 110 Å². The zero-order valence-corrected chi connectivity index (χ0v) is 16.8. The number of carbonyl (C=O) groups is 2. The van der Waals surface area contributed by atoms with Crippen molar-refractivity contribution in [1.29, 1.82) is 0 Å². The third-order valence-electron chi connectivity index (χ3n) is 0. The maximum absolute atomic E-state index is 8.74. The molecule has 0 amide bonds. The van der Waals surface area contributed by atoms with Crippen LogP contribution in [-0.2, 0) is 27.5 Å². The van der Waals surface area contributed by atoms with Crippen molar-refractivity contribution in [2.24, 2.45) is 0 Å². The van der Waals surface area contributed by atoms with E-state index in [4.69, 9.17) is 47.5 Å². The van der Waals surface area contributed by atoms with Gasteiger partial charge in [0.1, 0.15) is 0 Å². The Hall–Kier alpha value is 1.93. The number of hydrogen-bond acceptors (Lipinski definition) is 4. The van der Waals surface area contributed by atoms with Crippen LogP contribution < -0.4 is 88.7 Å². The molecule has 0 spiro atoms. The molecule has 0 unspecified atom stereocenters. The van der Waals surface area contributed by atoms with E-state index in [1.165, 1.54) is 0 Å². The average Bonchev–Trinajstić information content (AvgIpc) is 1.50. The van der Waals surface area contributed by atoms with Crippen molar-refractivity contribution in [3.8, 4) is 0 Å². The Morgan fingerprint density at radius 3 is 0.765 bits per heavy atom. The Labute approximate surface area is 178 Å². The van der Waals surface area contributed by atoms with Gasteiger partial charge in [-0.1, -0.05) is 0 Å². The average molecular weight is 358 g/mol. The predicted octanol–water partition coefficient (Wildman–Crippen LogP) is -8.86. The largest absolute Gasteiger partial charge is 1.00 e. The zero-order chi connectivity index (χ0) is 11.7. The Balaban J connectivity index is -0.00000000802. The first kappa shape index (κ1) is 42.8. The molecule has 0 fully saturated rings. The van der Waals surface area contributed by atoms with Crippen LogP contribution in [-0.4, -0.2) is 50.3 Å². The van der Waals surface area contributed by atoms with E-state index in [1.807, 2.05) is 0 Å². The summed E-state index contributed by atoms with van der Waals surface area (Å²) in [6, 6.07) is 0. The van der Waals surface area contributed by atoms with Crippen molar-refractivity contribution in [3.63, 3.8) is 0 Å². The van der Waals surface area contributed by atoms with Crippen molar-refractivity contribution in [2.45, 2.75) is 0 Å². The van der Waals surface area contributed by atoms with E-state index in [2.05, 4.69) is 0 Å². The molecular formula is C2H9CuNa3O10S. The SMILES string of the molecule is O=C(O)O.O=C(O)O.O=S(=O)(O)O.[Cu].[H-].[H-].[H-].[Na+].[Na+].[Na+]. The van der Waals surface area contributed by atoms with Gasteiger partial charge in [-0.05, 0) is 0 Å². The van der Waals surface area contributed by atoms with Gasteiger partial charge in [-0.3, -0.25) is 9.11 Å². The van der Waals surface area contributed by atoms with Crippen LogP contribution in [0.3, 0.4) is 0 Å². The maximum Gasteiger partial charge on any atom is 1.00 e. The second-order valence-electron chi connectivity index (χ2n) is 1.01. The molecule has 0 saturated carbocycles. The summed E-state index contributed by atoms with van der Waals surface area (Å²) in [4.78, 5) is 17.1. The first-order chi connectivity index (χ1) is 5.46. The first-order valence-electron chi connectivity index (χ1n) is 2.00. The summed E-state index contributed by atoms with van der Waals surface area (Å²) in [6.07, 6.45) is -3.67. The van der Waals surface area contributed by atoms with Crippen molar-refractivity contribution >= 4 is 22.7 Å². The number of hydrogen-bond donors (Lipinski definition) is 6. The summed E-state index contributed by atoms with van der Waals surface area (Å²) >= 11 is 0. The van der Waals surface area contributed by atoms with Crippen LogP contribution in [0.1, 0.15) is 4.28 Å². The molecule has 0 heterocycles. The van der Waals surface area contributed by atoms with Crippen LogP contribution in [0.15, 0.2) is 0 Å². The minimum absolute atomic E-state index is 0. The molecule has 0 saturated heterocycles. The summed E-state index contributed by atoms with van der Waals surface area (Å²) < 4.78 is 31.6. The Morgan fingerprint density at radius 1 is 0.765 bits per heavy atom. The van der Waals surface area contributed by atoms with E-state index in [0.717, 1.165) is 0 Å². The smallest absolute Gasteiger partial charge is 1.00 e. The molecule has 1 radical (unpaired) electrons. The van der Waals surface area contributed by atoms with Crippen LogP contribution in [0, 0.1) is 0 Å². The zero-order valence-electron chi connectivity index (χ0n) is 12.0. The fourth-order valence-corrected chi connectivity index (χ4v) is 0. The summed E-state index contributed by atoms with van der Waals surface area (Å²) in [5, 5.41) is 27.9. The summed E-state index contributed by atoms with van der Waals surface area (Å²) in [6.45, 7) is 0. The molecule has 17 heavy (non-hydrogen) atoms. The van der Waals surface area contributed by atoms with Gasteiger partial charge < -0.3 is 24.7 Å². The fourth-order valence-electron chi connectivity index (χ4n) is 0. The number of carboxylic acid groups (broad SMARTS) is 4. The standard InChI is InChI=1S/2CH2O3.Cu.3Na.H2O4S.3H/c2*2-1(3)4;;;;;1-5(2,3)4;;;/h2*(H2,2,3,4);;;;;(H2,1,2,3,4);;;/q;;;3*+1;;3*-1. The molecule has 0 aromatic heterocycles. The van der Waals surface area contributed by atoms with Crippen molar-refractivity contribution < 1.29 is 158 Å². The van der Waals surface area contributed by atoms with Crippen LogP contribution in [0.25, 0.3) is 0 Å². The van der Waals surface area contributed by atoms with Crippen LogP contribution >= 0.6 is 0 Å². The molecule has 0 aliphatic carbocycles. The number of rotatable bonds is 0. The molecule has 0 bridgehead atoms. The molecular weight excluding hydrogens is 349 g/mol. The second-order valence-corrected chi connectivity index (χ2v) is 1.91. The van der Waals surface area contributed by atoms with Gasteiger partial charge in [0.05, 0.1) is 0 Å². The molecule has 10 nitrogen and oxygen atoms in total. The molecule has 0 aromatic carbocycles. The second kappa shape index (κ2) is 26.5. The van der Waals surface area contributed by atoms with E-state index >= 15 is 0 Å². The van der Waals surface area contributed by atoms with Crippen LogP contribution in [0.4, 0.5) is 9.59 Å². The maximum atomic E-state index is 8.74.